The van der Waals surface area contributed by atoms with Crippen LogP contribution in [0.15, 0.2) is 54.6 Å². The van der Waals surface area contributed by atoms with Gasteiger partial charge in [0, 0.05) is 12.0 Å². The maximum absolute atomic E-state index is 12.9. The first-order valence-electron chi connectivity index (χ1n) is 11.7. The van der Waals surface area contributed by atoms with E-state index in [1.165, 1.54) is 7.11 Å². The van der Waals surface area contributed by atoms with Gasteiger partial charge in [-0.2, -0.15) is 0 Å². The van der Waals surface area contributed by atoms with Gasteiger partial charge in [-0.25, -0.2) is 0 Å². The Bertz CT molecular complexity index is 917. The van der Waals surface area contributed by atoms with Gasteiger partial charge in [0.15, 0.2) is 0 Å². The van der Waals surface area contributed by atoms with Crippen molar-refractivity contribution in [1.29, 1.82) is 0 Å². The number of rotatable bonds is 9. The van der Waals surface area contributed by atoms with Gasteiger partial charge < -0.3 is 14.8 Å². The van der Waals surface area contributed by atoms with Gasteiger partial charge in [0.2, 0.25) is 5.91 Å². The highest BCUT2D eigenvalue weighted by Crippen LogP contribution is 2.30. The molecule has 3 rings (SSSR count). The third-order valence-electron chi connectivity index (χ3n) is 6.24. The fraction of sp³-hybridized carbons (Fsp3) is 0.444. The Morgan fingerprint density at radius 1 is 0.909 bits per heavy atom. The zero-order valence-electron chi connectivity index (χ0n) is 19.4. The van der Waals surface area contributed by atoms with Crippen molar-refractivity contribution in [2.45, 2.75) is 51.5 Å². The number of nitrogens with one attached hydrogen (secondary N) is 1. The van der Waals surface area contributed by atoms with Crippen LogP contribution < -0.4 is 5.32 Å². The van der Waals surface area contributed by atoms with Crippen molar-refractivity contribution in [3.8, 4) is 11.1 Å². The summed E-state index contributed by atoms with van der Waals surface area (Å²) >= 11 is 0. The van der Waals surface area contributed by atoms with Crippen molar-refractivity contribution < 1.29 is 23.9 Å². The molecule has 33 heavy (non-hydrogen) atoms. The average molecular weight is 452 g/mol. The van der Waals surface area contributed by atoms with E-state index in [0.717, 1.165) is 16.7 Å². The minimum absolute atomic E-state index is 0.0616. The number of hydrogen-bond acceptors (Lipinski definition) is 5. The van der Waals surface area contributed by atoms with Crippen LogP contribution in [0.5, 0.6) is 0 Å². The monoisotopic (exact) mass is 451 g/mol. The summed E-state index contributed by atoms with van der Waals surface area (Å²) in [6.07, 6.45) is 3.24. The van der Waals surface area contributed by atoms with E-state index in [9.17, 15) is 14.4 Å². The molecular formula is C27H33NO5. The number of methoxy groups -OCH3 is 1. The fourth-order valence-electron chi connectivity index (χ4n) is 4.42. The summed E-state index contributed by atoms with van der Waals surface area (Å²) in [4.78, 5) is 36.9. The van der Waals surface area contributed by atoms with Crippen LogP contribution >= 0.6 is 0 Å². The second-order valence-corrected chi connectivity index (χ2v) is 8.55. The Kier molecular flexibility index (Phi) is 9.04. The minimum atomic E-state index is -0.350. The van der Waals surface area contributed by atoms with Crippen LogP contribution in [0.1, 0.15) is 44.6 Å². The van der Waals surface area contributed by atoms with E-state index >= 15 is 0 Å². The lowest BCUT2D eigenvalue weighted by molar-refractivity contribution is -0.148. The van der Waals surface area contributed by atoms with E-state index < -0.39 is 0 Å². The second kappa shape index (κ2) is 12.2. The number of esters is 2. The topological polar surface area (TPSA) is 81.7 Å². The lowest BCUT2D eigenvalue weighted by Crippen LogP contribution is -2.43. The fourth-order valence-corrected chi connectivity index (χ4v) is 4.42. The molecule has 176 valence electrons. The average Bonchev–Trinajstić information content (AvgIpc) is 2.84. The molecule has 0 aliphatic heterocycles. The lowest BCUT2D eigenvalue weighted by atomic mass is 9.81. The van der Waals surface area contributed by atoms with Crippen molar-refractivity contribution in [3.05, 3.63) is 60.2 Å². The van der Waals surface area contributed by atoms with E-state index in [1.54, 1.807) is 6.92 Å². The standard InChI is InChI=1S/C27H33NO5/c1-3-33-25(29)18-24(28-26(30)22-13-15-23(16-14-22)27(31)32-2)17-19-9-11-21(12-10-19)20-7-5-4-6-8-20/h4-12,22-24H,3,13-18H2,1-2H3,(H,28,30)/t22?,23?,24-/m1/s1. The summed E-state index contributed by atoms with van der Waals surface area (Å²) in [5.74, 6) is -0.867. The Morgan fingerprint density at radius 3 is 2.12 bits per heavy atom. The molecule has 1 atom stereocenters. The summed E-state index contributed by atoms with van der Waals surface area (Å²) in [6.45, 7) is 2.08. The molecule has 2 aromatic rings. The Morgan fingerprint density at radius 2 is 1.52 bits per heavy atom. The van der Waals surface area contributed by atoms with Crippen molar-refractivity contribution in [2.75, 3.05) is 13.7 Å². The molecule has 1 saturated carbocycles. The lowest BCUT2D eigenvalue weighted by Gasteiger charge is -2.28. The summed E-state index contributed by atoms with van der Waals surface area (Å²) in [6, 6.07) is 18.0. The molecule has 1 fully saturated rings. The highest BCUT2D eigenvalue weighted by Gasteiger charge is 2.31. The van der Waals surface area contributed by atoms with Crippen molar-refractivity contribution in [3.63, 3.8) is 0 Å². The van der Waals surface area contributed by atoms with Crippen LogP contribution in [0, 0.1) is 11.8 Å². The van der Waals surface area contributed by atoms with Gasteiger partial charge >= 0.3 is 11.9 Å². The zero-order valence-corrected chi connectivity index (χ0v) is 19.4. The zero-order chi connectivity index (χ0) is 23.6. The molecule has 6 nitrogen and oxygen atoms in total. The van der Waals surface area contributed by atoms with Gasteiger partial charge in [-0.15, -0.1) is 0 Å². The van der Waals surface area contributed by atoms with Crippen molar-refractivity contribution >= 4 is 17.8 Å². The van der Waals surface area contributed by atoms with Gasteiger partial charge in [-0.3, -0.25) is 14.4 Å². The molecule has 6 heteroatoms. The smallest absolute Gasteiger partial charge is 0.308 e. The van der Waals surface area contributed by atoms with E-state index in [2.05, 4.69) is 29.6 Å². The number of amides is 1. The summed E-state index contributed by atoms with van der Waals surface area (Å²) < 4.78 is 9.95. The van der Waals surface area contributed by atoms with Crippen LogP contribution in [-0.2, 0) is 30.3 Å². The number of hydrogen-bond donors (Lipinski definition) is 1. The van der Waals surface area contributed by atoms with Gasteiger partial charge in [0.25, 0.3) is 0 Å². The molecule has 0 spiro atoms. The van der Waals surface area contributed by atoms with Gasteiger partial charge in [0.1, 0.15) is 0 Å². The molecule has 1 amide bonds. The molecule has 0 aromatic heterocycles. The Hall–Kier alpha value is -3.15. The first kappa shape index (κ1) is 24.5. The molecule has 0 radical (unpaired) electrons. The molecule has 2 aromatic carbocycles. The van der Waals surface area contributed by atoms with Gasteiger partial charge in [-0.05, 0) is 55.7 Å². The summed E-state index contributed by atoms with van der Waals surface area (Å²) in [5.41, 5.74) is 3.30. The second-order valence-electron chi connectivity index (χ2n) is 8.55. The van der Waals surface area contributed by atoms with Crippen LogP contribution in [0.25, 0.3) is 11.1 Å². The van der Waals surface area contributed by atoms with E-state index in [0.29, 0.717) is 38.7 Å². The quantitative estimate of drug-likeness (QED) is 0.575. The summed E-state index contributed by atoms with van der Waals surface area (Å²) in [5, 5.41) is 3.07. The third kappa shape index (κ3) is 7.17. The third-order valence-corrected chi connectivity index (χ3v) is 6.24. The number of carbonyl (C=O) groups excluding carboxylic acids is 3. The predicted octanol–water partition coefficient (Wildman–Crippen LogP) is 4.31. The molecule has 0 saturated heterocycles. The molecular weight excluding hydrogens is 418 g/mol. The van der Waals surface area contributed by atoms with Crippen LogP contribution in [-0.4, -0.2) is 37.6 Å². The molecule has 0 heterocycles. The highest BCUT2D eigenvalue weighted by atomic mass is 16.5. The van der Waals surface area contributed by atoms with E-state index in [-0.39, 0.29) is 42.1 Å². The highest BCUT2D eigenvalue weighted by molar-refractivity contribution is 5.81. The summed E-state index contributed by atoms with van der Waals surface area (Å²) in [7, 11) is 1.40. The van der Waals surface area contributed by atoms with Crippen molar-refractivity contribution in [2.24, 2.45) is 11.8 Å². The largest absolute Gasteiger partial charge is 0.469 e. The first-order valence-corrected chi connectivity index (χ1v) is 11.7. The minimum Gasteiger partial charge on any atom is -0.469 e. The maximum atomic E-state index is 12.9. The van der Waals surface area contributed by atoms with Crippen molar-refractivity contribution in [1.82, 2.24) is 5.32 Å². The number of ether oxygens (including phenoxy) is 2. The van der Waals surface area contributed by atoms with Crippen LogP contribution in [0.3, 0.4) is 0 Å². The Labute approximate surface area is 195 Å². The van der Waals surface area contributed by atoms with Gasteiger partial charge in [0.05, 0.1) is 26.1 Å². The van der Waals surface area contributed by atoms with Crippen LogP contribution in [0.4, 0.5) is 0 Å². The normalized spacial score (nSPS) is 18.7. The number of carbonyl (C=O) groups is 3. The molecule has 1 N–H and O–H groups in total. The van der Waals surface area contributed by atoms with Crippen LogP contribution in [0.2, 0.25) is 0 Å². The molecule has 1 aliphatic carbocycles. The van der Waals surface area contributed by atoms with Gasteiger partial charge in [-0.1, -0.05) is 54.6 Å². The number of benzene rings is 2. The maximum Gasteiger partial charge on any atom is 0.308 e. The molecule has 0 unspecified atom stereocenters. The van der Waals surface area contributed by atoms with E-state index in [4.69, 9.17) is 9.47 Å². The molecule has 1 aliphatic rings. The SMILES string of the molecule is CCOC(=O)C[C@@H](Cc1ccc(-c2ccccc2)cc1)NC(=O)C1CCC(C(=O)OC)CC1. The Balaban J connectivity index is 1.63. The first-order chi connectivity index (χ1) is 16.0. The molecule has 0 bridgehead atoms. The predicted molar refractivity (Wildman–Crippen MR) is 126 cm³/mol. The van der Waals surface area contributed by atoms with E-state index in [1.807, 2.05) is 30.3 Å².